The van der Waals surface area contributed by atoms with Crippen LogP contribution in [0.4, 0.5) is 5.69 Å². The van der Waals surface area contributed by atoms with Crippen LogP contribution in [0.5, 0.6) is 0 Å². The van der Waals surface area contributed by atoms with E-state index in [0.717, 1.165) is 51.1 Å². The van der Waals surface area contributed by atoms with Gasteiger partial charge >= 0.3 is 0 Å². The molecule has 1 aliphatic rings. The number of benzene rings is 2. The normalized spacial score (nSPS) is 15.8. The van der Waals surface area contributed by atoms with Crippen LogP contribution in [0.1, 0.15) is 24.0 Å². The molecular weight excluding hydrogens is 382 g/mol. The van der Waals surface area contributed by atoms with Gasteiger partial charge in [-0.05, 0) is 55.6 Å². The minimum absolute atomic E-state index is 0.477. The fourth-order valence-electron chi connectivity index (χ4n) is 3.51. The van der Waals surface area contributed by atoms with Gasteiger partial charge in [0.2, 0.25) is 10.0 Å². The van der Waals surface area contributed by atoms with Gasteiger partial charge in [-0.1, -0.05) is 42.5 Å². The third-order valence-corrected chi connectivity index (χ3v) is 6.28. The molecule has 1 aliphatic heterocycles. The highest BCUT2D eigenvalue weighted by Gasteiger charge is 2.16. The lowest BCUT2D eigenvalue weighted by molar-refractivity contribution is 0.253. The Morgan fingerprint density at radius 2 is 1.72 bits per heavy atom. The molecule has 0 amide bonds. The summed E-state index contributed by atoms with van der Waals surface area (Å²) in [6.45, 7) is 7.82. The van der Waals surface area contributed by atoms with Crippen molar-refractivity contribution >= 4 is 21.8 Å². The lowest BCUT2D eigenvalue weighted by Gasteiger charge is -2.36. The van der Waals surface area contributed by atoms with E-state index in [-0.39, 0.29) is 0 Å². The van der Waals surface area contributed by atoms with E-state index in [2.05, 4.69) is 45.7 Å². The van der Waals surface area contributed by atoms with Gasteiger partial charge in [-0.25, -0.2) is 13.1 Å². The molecule has 1 fully saturated rings. The lowest BCUT2D eigenvalue weighted by atomic mass is 10.2. The number of hydrogen-bond acceptors (Lipinski definition) is 4. The number of nitrogens with one attached hydrogen (secondary N) is 1. The van der Waals surface area contributed by atoms with E-state index >= 15 is 0 Å². The second kappa shape index (κ2) is 10.6. The lowest BCUT2D eigenvalue weighted by Crippen LogP contribution is -2.46. The molecule has 2 aromatic rings. The highest BCUT2D eigenvalue weighted by Crippen LogP contribution is 2.17. The first-order chi connectivity index (χ1) is 14.0. The summed E-state index contributed by atoms with van der Waals surface area (Å²) < 4.78 is 26.8. The maximum absolute atomic E-state index is 12.0. The van der Waals surface area contributed by atoms with Crippen LogP contribution in [-0.2, 0) is 10.0 Å². The Kier molecular flexibility index (Phi) is 7.86. The summed E-state index contributed by atoms with van der Waals surface area (Å²) >= 11 is 0. The molecule has 0 aromatic heterocycles. The van der Waals surface area contributed by atoms with Crippen LogP contribution in [-0.4, -0.2) is 52.6 Å². The largest absolute Gasteiger partial charge is 0.369 e. The Morgan fingerprint density at radius 1 is 0.966 bits per heavy atom. The topological polar surface area (TPSA) is 52.6 Å². The van der Waals surface area contributed by atoms with E-state index in [9.17, 15) is 8.42 Å². The minimum atomic E-state index is -3.38. The molecule has 0 bridgehead atoms. The zero-order chi connectivity index (χ0) is 20.5. The summed E-state index contributed by atoms with van der Waals surface area (Å²) in [7, 11) is -3.38. The van der Waals surface area contributed by atoms with Crippen LogP contribution in [0.25, 0.3) is 6.08 Å². The standard InChI is InChI=1S/C23H31N3O2S/c1-21-8-7-11-23(20-21)26-17-15-25(16-18-26)14-6-5-13-24-29(27,28)19-12-22-9-3-2-4-10-22/h2-4,7-12,19-20,24H,5-6,13-18H2,1H3/b19-12+. The fourth-order valence-corrected chi connectivity index (χ4v) is 4.37. The van der Waals surface area contributed by atoms with Crippen molar-refractivity contribution in [3.8, 4) is 0 Å². The predicted molar refractivity (Wildman–Crippen MR) is 121 cm³/mol. The minimum Gasteiger partial charge on any atom is -0.369 e. The van der Waals surface area contributed by atoms with Gasteiger partial charge in [0.1, 0.15) is 0 Å². The molecule has 0 saturated carbocycles. The summed E-state index contributed by atoms with van der Waals surface area (Å²) in [5, 5.41) is 1.24. The van der Waals surface area contributed by atoms with E-state index in [4.69, 9.17) is 0 Å². The van der Waals surface area contributed by atoms with Gasteiger partial charge in [-0.15, -0.1) is 0 Å². The summed E-state index contributed by atoms with van der Waals surface area (Å²) in [5.74, 6) is 0. The van der Waals surface area contributed by atoms with Crippen LogP contribution in [0.2, 0.25) is 0 Å². The molecule has 2 aromatic carbocycles. The molecule has 0 atom stereocenters. The first-order valence-electron chi connectivity index (χ1n) is 10.3. The number of unbranched alkanes of at least 4 members (excludes halogenated alkanes) is 1. The van der Waals surface area contributed by atoms with E-state index in [1.807, 2.05) is 30.3 Å². The molecule has 0 spiro atoms. The third-order valence-electron chi connectivity index (χ3n) is 5.18. The molecule has 0 unspecified atom stereocenters. The van der Waals surface area contributed by atoms with E-state index < -0.39 is 10.0 Å². The number of hydrogen-bond donors (Lipinski definition) is 1. The average Bonchev–Trinajstić information content (AvgIpc) is 2.73. The Morgan fingerprint density at radius 3 is 2.45 bits per heavy atom. The SMILES string of the molecule is Cc1cccc(N2CCN(CCCCNS(=O)(=O)/C=C/c3ccccc3)CC2)c1. The quantitative estimate of drug-likeness (QED) is 0.640. The maximum atomic E-state index is 12.0. The molecule has 3 rings (SSSR count). The van der Waals surface area contributed by atoms with Gasteiger partial charge in [-0.3, -0.25) is 4.90 Å². The maximum Gasteiger partial charge on any atom is 0.233 e. The van der Waals surface area contributed by atoms with Crippen LogP contribution in [0.3, 0.4) is 0 Å². The number of aryl methyl sites for hydroxylation is 1. The second-order valence-electron chi connectivity index (χ2n) is 7.53. The van der Waals surface area contributed by atoms with Crippen molar-refractivity contribution in [1.82, 2.24) is 9.62 Å². The number of nitrogens with zero attached hydrogens (tertiary/aromatic N) is 2. The van der Waals surface area contributed by atoms with Crippen LogP contribution in [0.15, 0.2) is 60.0 Å². The van der Waals surface area contributed by atoms with Gasteiger partial charge in [0.25, 0.3) is 0 Å². The van der Waals surface area contributed by atoms with E-state index in [0.29, 0.717) is 6.54 Å². The summed E-state index contributed by atoms with van der Waals surface area (Å²) in [6.07, 6.45) is 3.46. The van der Waals surface area contributed by atoms with Crippen molar-refractivity contribution in [2.45, 2.75) is 19.8 Å². The number of sulfonamides is 1. The number of anilines is 1. The molecule has 156 valence electrons. The number of piperazine rings is 1. The van der Waals surface area contributed by atoms with Crippen LogP contribution >= 0.6 is 0 Å². The number of rotatable bonds is 9. The van der Waals surface area contributed by atoms with Crippen LogP contribution < -0.4 is 9.62 Å². The molecular formula is C23H31N3O2S. The molecule has 0 radical (unpaired) electrons. The Hall–Kier alpha value is -2.15. The van der Waals surface area contributed by atoms with E-state index in [1.54, 1.807) is 6.08 Å². The summed E-state index contributed by atoms with van der Waals surface area (Å²) in [4.78, 5) is 4.91. The second-order valence-corrected chi connectivity index (χ2v) is 9.18. The third kappa shape index (κ3) is 7.31. The van der Waals surface area contributed by atoms with Crippen molar-refractivity contribution in [3.63, 3.8) is 0 Å². The monoisotopic (exact) mass is 413 g/mol. The average molecular weight is 414 g/mol. The molecule has 1 heterocycles. The molecule has 5 nitrogen and oxygen atoms in total. The van der Waals surface area contributed by atoms with Crippen molar-refractivity contribution in [3.05, 3.63) is 71.1 Å². The smallest absolute Gasteiger partial charge is 0.233 e. The van der Waals surface area contributed by atoms with Crippen molar-refractivity contribution in [2.24, 2.45) is 0 Å². The van der Waals surface area contributed by atoms with Gasteiger partial charge in [0.15, 0.2) is 0 Å². The van der Waals surface area contributed by atoms with Crippen molar-refractivity contribution in [2.75, 3.05) is 44.2 Å². The van der Waals surface area contributed by atoms with Gasteiger partial charge in [0, 0.05) is 43.8 Å². The Labute approximate surface area is 175 Å². The zero-order valence-electron chi connectivity index (χ0n) is 17.1. The van der Waals surface area contributed by atoms with Crippen molar-refractivity contribution < 1.29 is 8.42 Å². The first-order valence-corrected chi connectivity index (χ1v) is 11.8. The fraction of sp³-hybridized carbons (Fsp3) is 0.391. The van der Waals surface area contributed by atoms with Gasteiger partial charge in [0.05, 0.1) is 0 Å². The van der Waals surface area contributed by atoms with Crippen molar-refractivity contribution in [1.29, 1.82) is 0 Å². The molecule has 0 aliphatic carbocycles. The van der Waals surface area contributed by atoms with Gasteiger partial charge in [-0.2, -0.15) is 0 Å². The summed E-state index contributed by atoms with van der Waals surface area (Å²) in [5.41, 5.74) is 3.48. The first kappa shape index (κ1) is 21.6. The highest BCUT2D eigenvalue weighted by atomic mass is 32.2. The Bertz CT molecular complexity index is 889. The highest BCUT2D eigenvalue weighted by molar-refractivity contribution is 7.92. The zero-order valence-corrected chi connectivity index (χ0v) is 17.9. The Balaban J connectivity index is 1.31. The van der Waals surface area contributed by atoms with Gasteiger partial charge < -0.3 is 4.90 Å². The molecule has 6 heteroatoms. The van der Waals surface area contributed by atoms with Crippen LogP contribution in [0, 0.1) is 6.92 Å². The van der Waals surface area contributed by atoms with E-state index in [1.165, 1.54) is 16.7 Å². The summed E-state index contributed by atoms with van der Waals surface area (Å²) in [6, 6.07) is 18.1. The molecule has 1 saturated heterocycles. The predicted octanol–water partition coefficient (Wildman–Crippen LogP) is 3.49. The molecule has 29 heavy (non-hydrogen) atoms. The molecule has 1 N–H and O–H groups in total.